The minimum absolute atomic E-state index is 0.0163. The van der Waals surface area contributed by atoms with Gasteiger partial charge in [-0.1, -0.05) is 24.3 Å². The summed E-state index contributed by atoms with van der Waals surface area (Å²) in [5.41, 5.74) is 2.66. The minimum Gasteiger partial charge on any atom is -0.396 e. The first-order valence-corrected chi connectivity index (χ1v) is 12.5. The average Bonchev–Trinajstić information content (AvgIpc) is 3.20. The van der Waals surface area contributed by atoms with E-state index in [1.807, 2.05) is 6.92 Å². The van der Waals surface area contributed by atoms with Crippen LogP contribution >= 0.6 is 0 Å². The third-order valence-corrected chi connectivity index (χ3v) is 6.16. The van der Waals surface area contributed by atoms with Gasteiger partial charge in [-0.15, -0.1) is 0 Å². The third kappa shape index (κ3) is 7.32. The van der Waals surface area contributed by atoms with Crippen LogP contribution in [-0.4, -0.2) is 71.7 Å². The molecule has 2 heterocycles. The lowest BCUT2D eigenvalue weighted by Gasteiger charge is -2.25. The summed E-state index contributed by atoms with van der Waals surface area (Å²) in [6.07, 6.45) is 1.39. The molecule has 2 N–H and O–H groups in total. The fourth-order valence-electron chi connectivity index (χ4n) is 4.07. The van der Waals surface area contributed by atoms with Crippen LogP contribution in [0.25, 0.3) is 0 Å². The molecule has 0 fully saturated rings. The summed E-state index contributed by atoms with van der Waals surface area (Å²) in [5.74, 6) is -1.21. The highest BCUT2D eigenvalue weighted by Crippen LogP contribution is 2.29. The molecule has 3 amide bonds. The van der Waals surface area contributed by atoms with E-state index in [0.717, 1.165) is 17.1 Å². The Morgan fingerprint density at radius 3 is 2.23 bits per heavy atom. The predicted octanol–water partition coefficient (Wildman–Crippen LogP) is 3.14. The monoisotopic (exact) mass is 537 g/mol. The molecule has 1 unspecified atom stereocenters. The lowest BCUT2D eigenvalue weighted by molar-refractivity contribution is -0.107. The van der Waals surface area contributed by atoms with Crippen LogP contribution in [0.4, 0.5) is 10.1 Å². The fourth-order valence-corrected chi connectivity index (χ4v) is 4.07. The van der Waals surface area contributed by atoms with E-state index < -0.39 is 17.9 Å². The summed E-state index contributed by atoms with van der Waals surface area (Å²) in [7, 11) is 1.68. The number of ether oxygens (including phenoxy) is 1. The molecule has 1 aromatic heterocycles. The number of aliphatic hydroxyl groups is 2. The molecule has 0 bridgehead atoms. The van der Waals surface area contributed by atoms with Crippen LogP contribution in [0.3, 0.4) is 0 Å². The summed E-state index contributed by atoms with van der Waals surface area (Å²) in [4.78, 5) is 44.1. The molecule has 9 nitrogen and oxygen atoms in total. The van der Waals surface area contributed by atoms with Crippen molar-refractivity contribution < 1.29 is 33.7 Å². The van der Waals surface area contributed by atoms with Crippen LogP contribution in [0.1, 0.15) is 57.0 Å². The van der Waals surface area contributed by atoms with Gasteiger partial charge < -0.3 is 19.8 Å². The Labute approximate surface area is 226 Å². The van der Waals surface area contributed by atoms with Gasteiger partial charge in [0.1, 0.15) is 11.9 Å². The largest absolute Gasteiger partial charge is 0.396 e. The lowest BCUT2D eigenvalue weighted by atomic mass is 10.0. The number of rotatable bonds is 11. The van der Waals surface area contributed by atoms with E-state index in [-0.39, 0.29) is 37.6 Å². The SMILES string of the molecule is CCOC.O=CN(CCN1C(=O)c2ccccc2C1=O)c1cc(Cc2ccc(F)cc2)cnc1C(O)CCO. The molecule has 1 atom stereocenters. The number of halogens is 1. The number of hydrogen-bond acceptors (Lipinski definition) is 7. The Bertz CT molecular complexity index is 1250. The molecule has 3 aromatic rings. The number of imide groups is 1. The molecule has 1 aliphatic heterocycles. The molecular weight excluding hydrogens is 505 g/mol. The number of methoxy groups -OCH3 is 1. The van der Waals surface area contributed by atoms with Crippen LogP contribution in [0.5, 0.6) is 0 Å². The third-order valence-electron chi connectivity index (χ3n) is 6.16. The Hall–Kier alpha value is -3.99. The number of aliphatic hydroxyl groups excluding tert-OH is 2. The number of benzene rings is 2. The maximum atomic E-state index is 13.3. The number of hydrogen-bond donors (Lipinski definition) is 2. The highest BCUT2D eigenvalue weighted by Gasteiger charge is 2.35. The molecule has 1 aliphatic rings. The van der Waals surface area contributed by atoms with Gasteiger partial charge in [-0.05, 0) is 54.8 Å². The van der Waals surface area contributed by atoms with E-state index in [2.05, 4.69) is 9.72 Å². The molecule has 2 aromatic carbocycles. The van der Waals surface area contributed by atoms with Crippen LogP contribution in [0.2, 0.25) is 0 Å². The van der Waals surface area contributed by atoms with Crippen molar-refractivity contribution in [1.29, 1.82) is 0 Å². The number of fused-ring (bicyclic) bond motifs is 1. The van der Waals surface area contributed by atoms with Crippen LogP contribution < -0.4 is 4.90 Å². The van der Waals surface area contributed by atoms with Gasteiger partial charge >= 0.3 is 0 Å². The number of anilines is 1. The number of amides is 3. The van der Waals surface area contributed by atoms with Gasteiger partial charge in [0.25, 0.3) is 11.8 Å². The van der Waals surface area contributed by atoms with Crippen molar-refractivity contribution in [1.82, 2.24) is 9.88 Å². The zero-order valence-corrected chi connectivity index (χ0v) is 21.9. The van der Waals surface area contributed by atoms with Gasteiger partial charge in [-0.2, -0.15) is 0 Å². The zero-order chi connectivity index (χ0) is 28.4. The second kappa shape index (κ2) is 14.2. The smallest absolute Gasteiger partial charge is 0.261 e. The summed E-state index contributed by atoms with van der Waals surface area (Å²) in [5, 5.41) is 19.8. The van der Waals surface area contributed by atoms with Crippen LogP contribution in [-0.2, 0) is 16.0 Å². The summed E-state index contributed by atoms with van der Waals surface area (Å²) in [6.45, 7) is 2.42. The second-order valence-corrected chi connectivity index (χ2v) is 8.76. The summed E-state index contributed by atoms with van der Waals surface area (Å²) >= 11 is 0. The van der Waals surface area contributed by atoms with E-state index in [9.17, 15) is 29.0 Å². The molecule has 206 valence electrons. The van der Waals surface area contributed by atoms with Gasteiger partial charge in [-0.3, -0.25) is 24.3 Å². The Kier molecular flexibility index (Phi) is 10.8. The van der Waals surface area contributed by atoms with E-state index in [1.54, 1.807) is 55.8 Å². The summed E-state index contributed by atoms with van der Waals surface area (Å²) < 4.78 is 17.8. The molecule has 0 spiro atoms. The predicted molar refractivity (Wildman–Crippen MR) is 143 cm³/mol. The zero-order valence-electron chi connectivity index (χ0n) is 21.9. The van der Waals surface area contributed by atoms with Gasteiger partial charge in [0.2, 0.25) is 6.41 Å². The first-order chi connectivity index (χ1) is 18.8. The highest BCUT2D eigenvalue weighted by atomic mass is 19.1. The first kappa shape index (κ1) is 29.6. The molecule has 0 aliphatic carbocycles. The van der Waals surface area contributed by atoms with Crippen molar-refractivity contribution in [2.75, 3.05) is 38.3 Å². The van der Waals surface area contributed by atoms with E-state index in [4.69, 9.17) is 0 Å². The van der Waals surface area contributed by atoms with Crippen molar-refractivity contribution >= 4 is 23.9 Å². The normalized spacial score (nSPS) is 13.0. The molecule has 4 rings (SSSR count). The van der Waals surface area contributed by atoms with Crippen molar-refractivity contribution in [3.63, 3.8) is 0 Å². The highest BCUT2D eigenvalue weighted by molar-refractivity contribution is 6.21. The van der Waals surface area contributed by atoms with Crippen molar-refractivity contribution in [3.05, 3.63) is 94.6 Å². The number of carbonyl (C=O) groups is 3. The average molecular weight is 538 g/mol. The quantitative estimate of drug-likeness (QED) is 0.285. The van der Waals surface area contributed by atoms with E-state index >= 15 is 0 Å². The first-order valence-electron chi connectivity index (χ1n) is 12.5. The molecule has 0 saturated heterocycles. The van der Waals surface area contributed by atoms with Gasteiger partial charge in [0.05, 0.1) is 22.5 Å². The Balaban J connectivity index is 0.000000983. The molecule has 0 radical (unpaired) electrons. The molecular formula is C29H32FN3O6. The number of aromatic nitrogens is 1. The number of pyridine rings is 1. The maximum Gasteiger partial charge on any atom is 0.261 e. The van der Waals surface area contributed by atoms with Gasteiger partial charge in [0.15, 0.2) is 0 Å². The number of nitrogens with zero attached hydrogens (tertiary/aromatic N) is 3. The molecule has 39 heavy (non-hydrogen) atoms. The topological polar surface area (TPSA) is 120 Å². The van der Waals surface area contributed by atoms with Crippen molar-refractivity contribution in [2.45, 2.75) is 25.9 Å². The fraction of sp³-hybridized carbons (Fsp3) is 0.310. The van der Waals surface area contributed by atoms with Crippen LogP contribution in [0, 0.1) is 5.82 Å². The minimum atomic E-state index is -1.13. The standard InChI is InChI=1S/C26H24FN3O5.C3H8O/c27-19-7-5-17(6-8-19)13-18-14-22(24(28-15-18)23(33)9-12-31)29(16-32)10-11-30-25(34)20-3-1-2-4-21(20)26(30)35;1-3-4-2/h1-8,14-16,23,31,33H,9-13H2;3H2,1-2H3. The van der Waals surface area contributed by atoms with E-state index in [0.29, 0.717) is 35.2 Å². The maximum absolute atomic E-state index is 13.3. The molecule has 10 heteroatoms. The number of carbonyl (C=O) groups excluding carboxylic acids is 3. The van der Waals surface area contributed by atoms with E-state index in [1.165, 1.54) is 17.0 Å². The van der Waals surface area contributed by atoms with Gasteiger partial charge in [-0.25, -0.2) is 4.39 Å². The van der Waals surface area contributed by atoms with Gasteiger partial charge in [0, 0.05) is 46.0 Å². The second-order valence-electron chi connectivity index (χ2n) is 8.76. The Morgan fingerprint density at radius 2 is 1.69 bits per heavy atom. The lowest BCUT2D eigenvalue weighted by Crippen LogP contribution is -2.38. The van der Waals surface area contributed by atoms with Crippen molar-refractivity contribution in [3.8, 4) is 0 Å². The van der Waals surface area contributed by atoms with Crippen molar-refractivity contribution in [2.24, 2.45) is 0 Å². The Morgan fingerprint density at radius 1 is 1.08 bits per heavy atom. The summed E-state index contributed by atoms with van der Waals surface area (Å²) in [6, 6.07) is 14.2. The van der Waals surface area contributed by atoms with Crippen LogP contribution in [0.15, 0.2) is 60.8 Å². The molecule has 0 saturated carbocycles.